The number of amides is 1. The monoisotopic (exact) mass is 389 g/mol. The van der Waals surface area contributed by atoms with Gasteiger partial charge >= 0.3 is 0 Å². The molecule has 1 aromatic heterocycles. The molecule has 0 radical (unpaired) electrons. The zero-order valence-corrected chi connectivity index (χ0v) is 14.9. The molecule has 5 nitrogen and oxygen atoms in total. The lowest BCUT2D eigenvalue weighted by Gasteiger charge is -2.02. The lowest BCUT2D eigenvalue weighted by molar-refractivity contribution is 0.0950. The minimum Gasteiger partial charge on any atom is -0.508 e. The van der Waals surface area contributed by atoms with Crippen LogP contribution in [0.25, 0.3) is 11.1 Å². The second-order valence-corrected chi connectivity index (χ2v) is 6.69. The molecule has 8 heteroatoms. The first-order chi connectivity index (χ1) is 12.5. The van der Waals surface area contributed by atoms with E-state index >= 15 is 0 Å². The van der Waals surface area contributed by atoms with Crippen molar-refractivity contribution in [1.29, 1.82) is 0 Å². The van der Waals surface area contributed by atoms with Gasteiger partial charge in [0.15, 0.2) is 5.01 Å². The maximum atomic E-state index is 12.9. The molecule has 1 heterocycles. The number of benzene rings is 2. The number of carbonyl (C=O) groups excluding carboxylic acids is 1. The fourth-order valence-corrected chi connectivity index (χ4v) is 3.04. The summed E-state index contributed by atoms with van der Waals surface area (Å²) >= 11 is 7.27. The van der Waals surface area contributed by atoms with Gasteiger partial charge in [0.2, 0.25) is 5.01 Å². The topological polar surface area (TPSA) is 75.1 Å². The molecule has 0 aliphatic heterocycles. The van der Waals surface area contributed by atoms with Gasteiger partial charge in [-0.1, -0.05) is 47.2 Å². The molecular formula is C18H13ClFN3O2S. The molecule has 2 N–H and O–H groups in total. The molecule has 0 unspecified atom stereocenters. The Balaban J connectivity index is 1.66. The van der Waals surface area contributed by atoms with E-state index in [1.165, 1.54) is 12.1 Å². The fraction of sp³-hybridized carbons (Fsp3) is 0.0556. The van der Waals surface area contributed by atoms with Gasteiger partial charge in [-0.3, -0.25) is 4.79 Å². The predicted molar refractivity (Wildman–Crippen MR) is 99.3 cm³/mol. The van der Waals surface area contributed by atoms with Crippen LogP contribution in [0, 0.1) is 5.82 Å². The van der Waals surface area contributed by atoms with Crippen LogP contribution in [0.4, 0.5) is 4.39 Å². The Labute approximate surface area is 157 Å². The van der Waals surface area contributed by atoms with Crippen LogP contribution in [0.15, 0.2) is 48.5 Å². The average molecular weight is 390 g/mol. The highest BCUT2D eigenvalue weighted by molar-refractivity contribution is 7.15. The maximum Gasteiger partial charge on any atom is 0.282 e. The van der Waals surface area contributed by atoms with Crippen molar-refractivity contribution < 1.29 is 14.3 Å². The zero-order chi connectivity index (χ0) is 18.5. The minimum absolute atomic E-state index is 0.126. The molecular weight excluding hydrogens is 377 g/mol. The highest BCUT2D eigenvalue weighted by atomic mass is 35.5. The van der Waals surface area contributed by atoms with Gasteiger partial charge in [-0.15, -0.1) is 10.2 Å². The molecule has 0 aliphatic rings. The van der Waals surface area contributed by atoms with Crippen LogP contribution in [0.3, 0.4) is 0 Å². The maximum absolute atomic E-state index is 12.9. The molecule has 2 aromatic carbocycles. The summed E-state index contributed by atoms with van der Waals surface area (Å²) in [6.45, 7) is 0.251. The molecule has 132 valence electrons. The molecule has 26 heavy (non-hydrogen) atoms. The summed E-state index contributed by atoms with van der Waals surface area (Å²) in [7, 11) is 0. The van der Waals surface area contributed by atoms with Crippen molar-refractivity contribution >= 4 is 40.0 Å². The lowest BCUT2D eigenvalue weighted by Crippen LogP contribution is -2.22. The standard InChI is InChI=1S/C18H13ClFN3O2S/c19-15(9-12-2-1-3-14(24)8-12)17-22-23-18(26-17)16(25)21-10-11-4-6-13(20)7-5-11/h1-9,24H,10H2,(H,21,25). The smallest absolute Gasteiger partial charge is 0.282 e. The number of rotatable bonds is 5. The summed E-state index contributed by atoms with van der Waals surface area (Å²) in [6.07, 6.45) is 1.63. The third kappa shape index (κ3) is 4.65. The molecule has 0 aliphatic carbocycles. The quantitative estimate of drug-likeness (QED) is 0.690. The van der Waals surface area contributed by atoms with Crippen molar-refractivity contribution in [2.45, 2.75) is 6.54 Å². The van der Waals surface area contributed by atoms with Crippen molar-refractivity contribution in [3.05, 3.63) is 75.5 Å². The highest BCUT2D eigenvalue weighted by Crippen LogP contribution is 2.26. The number of nitrogens with one attached hydrogen (secondary N) is 1. The van der Waals surface area contributed by atoms with Crippen molar-refractivity contribution in [3.63, 3.8) is 0 Å². The first-order valence-corrected chi connectivity index (χ1v) is 8.73. The Hall–Kier alpha value is -2.77. The Kier molecular flexibility index (Phi) is 5.60. The van der Waals surface area contributed by atoms with Crippen molar-refractivity contribution in [3.8, 4) is 5.75 Å². The van der Waals surface area contributed by atoms with Crippen LogP contribution in [-0.2, 0) is 6.54 Å². The summed E-state index contributed by atoms with van der Waals surface area (Å²) in [4.78, 5) is 12.2. The van der Waals surface area contributed by atoms with E-state index in [1.807, 2.05) is 0 Å². The van der Waals surface area contributed by atoms with E-state index in [2.05, 4.69) is 15.5 Å². The number of aromatic nitrogens is 2. The van der Waals surface area contributed by atoms with E-state index in [4.69, 9.17) is 11.6 Å². The summed E-state index contributed by atoms with van der Waals surface area (Å²) in [5.41, 5.74) is 1.47. The second kappa shape index (κ2) is 8.07. The Morgan fingerprint density at radius 3 is 2.65 bits per heavy atom. The summed E-state index contributed by atoms with van der Waals surface area (Å²) in [5, 5.41) is 20.8. The number of phenolic OH excluding ortho intramolecular Hbond substituents is 1. The zero-order valence-electron chi connectivity index (χ0n) is 13.3. The van der Waals surface area contributed by atoms with Crippen molar-refractivity contribution in [2.24, 2.45) is 0 Å². The first kappa shape index (κ1) is 18.0. The van der Waals surface area contributed by atoms with E-state index in [9.17, 15) is 14.3 Å². The van der Waals surface area contributed by atoms with Gasteiger partial charge in [0.25, 0.3) is 5.91 Å². The highest BCUT2D eigenvalue weighted by Gasteiger charge is 2.14. The van der Waals surface area contributed by atoms with Crippen LogP contribution in [0.2, 0.25) is 0 Å². The number of hydrogen-bond donors (Lipinski definition) is 2. The molecule has 0 fully saturated rings. The van der Waals surface area contributed by atoms with E-state index < -0.39 is 0 Å². The van der Waals surface area contributed by atoms with Gasteiger partial charge in [0.05, 0.1) is 5.03 Å². The lowest BCUT2D eigenvalue weighted by atomic mass is 10.2. The Morgan fingerprint density at radius 2 is 1.92 bits per heavy atom. The summed E-state index contributed by atoms with van der Waals surface area (Å²) in [5.74, 6) is -0.594. The molecule has 0 atom stereocenters. The minimum atomic E-state index is -0.389. The summed E-state index contributed by atoms with van der Waals surface area (Å²) in [6, 6.07) is 12.4. The summed E-state index contributed by atoms with van der Waals surface area (Å²) < 4.78 is 12.9. The molecule has 3 rings (SSSR count). The molecule has 0 spiro atoms. The Morgan fingerprint density at radius 1 is 1.19 bits per heavy atom. The van der Waals surface area contributed by atoms with Gasteiger partial charge in [0, 0.05) is 6.54 Å². The molecule has 0 bridgehead atoms. The number of nitrogens with zero attached hydrogens (tertiary/aromatic N) is 2. The molecule has 0 saturated heterocycles. The van der Waals surface area contributed by atoms with E-state index in [1.54, 1.807) is 42.5 Å². The van der Waals surface area contributed by atoms with Gasteiger partial charge in [-0.25, -0.2) is 4.39 Å². The number of halogens is 2. The third-order valence-electron chi connectivity index (χ3n) is 3.35. The van der Waals surface area contributed by atoms with Crippen molar-refractivity contribution in [1.82, 2.24) is 15.5 Å². The van der Waals surface area contributed by atoms with Gasteiger partial charge < -0.3 is 10.4 Å². The van der Waals surface area contributed by atoms with Gasteiger partial charge in [-0.2, -0.15) is 0 Å². The van der Waals surface area contributed by atoms with E-state index in [0.717, 1.165) is 16.9 Å². The van der Waals surface area contributed by atoms with E-state index in [0.29, 0.717) is 15.6 Å². The molecule has 3 aromatic rings. The van der Waals surface area contributed by atoms with Gasteiger partial charge in [0.1, 0.15) is 11.6 Å². The van der Waals surface area contributed by atoms with Crippen LogP contribution < -0.4 is 5.32 Å². The predicted octanol–water partition coefficient (Wildman–Crippen LogP) is 4.05. The van der Waals surface area contributed by atoms with Gasteiger partial charge in [-0.05, 0) is 41.5 Å². The van der Waals surface area contributed by atoms with Crippen LogP contribution >= 0.6 is 22.9 Å². The molecule has 0 saturated carbocycles. The fourth-order valence-electron chi connectivity index (χ4n) is 2.09. The molecule has 1 amide bonds. The van der Waals surface area contributed by atoms with Crippen LogP contribution in [-0.4, -0.2) is 21.2 Å². The SMILES string of the molecule is O=C(NCc1ccc(F)cc1)c1nnc(C(Cl)=Cc2cccc(O)c2)s1. The number of hydrogen-bond acceptors (Lipinski definition) is 5. The average Bonchev–Trinajstić information content (AvgIpc) is 3.11. The van der Waals surface area contributed by atoms with E-state index in [-0.39, 0.29) is 29.0 Å². The Bertz CT molecular complexity index is 957. The number of aromatic hydroxyl groups is 1. The first-order valence-electron chi connectivity index (χ1n) is 7.54. The number of phenols is 1. The third-order valence-corrected chi connectivity index (χ3v) is 4.71. The second-order valence-electron chi connectivity index (χ2n) is 5.31. The number of carbonyl (C=O) groups is 1. The normalized spacial score (nSPS) is 11.4. The van der Waals surface area contributed by atoms with Crippen molar-refractivity contribution in [2.75, 3.05) is 0 Å². The largest absolute Gasteiger partial charge is 0.508 e. The van der Waals surface area contributed by atoms with Crippen LogP contribution in [0.5, 0.6) is 5.75 Å². The van der Waals surface area contributed by atoms with Crippen LogP contribution in [0.1, 0.15) is 25.9 Å².